The summed E-state index contributed by atoms with van der Waals surface area (Å²) in [6.45, 7) is 6.22. The Hall–Kier alpha value is -3.64. The minimum atomic E-state index is -0.0673. The molecule has 0 radical (unpaired) electrons. The van der Waals surface area contributed by atoms with Crippen molar-refractivity contribution in [2.45, 2.75) is 32.9 Å². The van der Waals surface area contributed by atoms with Crippen molar-refractivity contribution in [1.29, 1.82) is 0 Å². The summed E-state index contributed by atoms with van der Waals surface area (Å²) in [7, 11) is 0. The van der Waals surface area contributed by atoms with Crippen LogP contribution in [0.2, 0.25) is 0 Å². The molecule has 0 saturated carbocycles. The van der Waals surface area contributed by atoms with Gasteiger partial charge in [-0.2, -0.15) is 0 Å². The SMILES string of the molecule is CC(=O)Nc1ccc(CN2CCCN(C(=O)Cc3ccc(OCc4ccccc4)cc3)CC2)cc1. The number of carbonyl (C=O) groups excluding carboxylic acids is 2. The van der Waals surface area contributed by atoms with Crippen molar-refractivity contribution in [2.75, 3.05) is 31.5 Å². The van der Waals surface area contributed by atoms with E-state index < -0.39 is 0 Å². The van der Waals surface area contributed by atoms with E-state index in [1.165, 1.54) is 12.5 Å². The van der Waals surface area contributed by atoms with Gasteiger partial charge in [-0.15, -0.1) is 0 Å². The zero-order valence-corrected chi connectivity index (χ0v) is 20.3. The van der Waals surface area contributed by atoms with Gasteiger partial charge in [0.15, 0.2) is 0 Å². The Labute approximate surface area is 207 Å². The summed E-state index contributed by atoms with van der Waals surface area (Å²) in [6, 6.07) is 25.9. The fourth-order valence-electron chi connectivity index (χ4n) is 4.26. The Morgan fingerprint density at radius 3 is 2.23 bits per heavy atom. The van der Waals surface area contributed by atoms with Crippen molar-refractivity contribution >= 4 is 17.5 Å². The van der Waals surface area contributed by atoms with Gasteiger partial charge in [0.2, 0.25) is 11.8 Å². The Kier molecular flexibility index (Phi) is 8.52. The van der Waals surface area contributed by atoms with E-state index in [1.807, 2.05) is 83.8 Å². The molecule has 3 aromatic carbocycles. The fourth-order valence-corrected chi connectivity index (χ4v) is 4.26. The highest BCUT2D eigenvalue weighted by atomic mass is 16.5. The van der Waals surface area contributed by atoms with Crippen LogP contribution < -0.4 is 10.1 Å². The summed E-state index contributed by atoms with van der Waals surface area (Å²) in [5, 5.41) is 2.80. The van der Waals surface area contributed by atoms with E-state index in [2.05, 4.69) is 10.2 Å². The highest BCUT2D eigenvalue weighted by Gasteiger charge is 2.19. The van der Waals surface area contributed by atoms with Crippen LogP contribution in [0.25, 0.3) is 0 Å². The molecule has 0 aromatic heterocycles. The number of carbonyl (C=O) groups is 2. The molecule has 1 aliphatic heterocycles. The maximum atomic E-state index is 12.9. The third-order valence-electron chi connectivity index (χ3n) is 6.15. The molecule has 1 heterocycles. The lowest BCUT2D eigenvalue weighted by molar-refractivity contribution is -0.130. The van der Waals surface area contributed by atoms with Crippen molar-refractivity contribution in [2.24, 2.45) is 0 Å². The van der Waals surface area contributed by atoms with Gasteiger partial charge in [-0.1, -0.05) is 54.6 Å². The van der Waals surface area contributed by atoms with E-state index in [4.69, 9.17) is 4.74 Å². The van der Waals surface area contributed by atoms with Crippen LogP contribution in [0.4, 0.5) is 5.69 Å². The Balaban J connectivity index is 1.23. The Bertz CT molecular complexity index is 1100. The number of ether oxygens (including phenoxy) is 1. The Morgan fingerprint density at radius 2 is 1.51 bits per heavy atom. The van der Waals surface area contributed by atoms with Gasteiger partial charge in [0, 0.05) is 45.3 Å². The molecule has 0 unspecified atom stereocenters. The van der Waals surface area contributed by atoms with Crippen LogP contribution in [0.3, 0.4) is 0 Å². The van der Waals surface area contributed by atoms with Crippen molar-refractivity contribution in [3.05, 3.63) is 95.6 Å². The zero-order chi connectivity index (χ0) is 24.5. The van der Waals surface area contributed by atoms with Crippen molar-refractivity contribution < 1.29 is 14.3 Å². The quantitative estimate of drug-likeness (QED) is 0.526. The van der Waals surface area contributed by atoms with Gasteiger partial charge in [0.25, 0.3) is 0 Å². The fraction of sp³-hybridized carbons (Fsp3) is 0.310. The molecule has 1 fully saturated rings. The maximum absolute atomic E-state index is 12.9. The van der Waals surface area contributed by atoms with Gasteiger partial charge in [-0.05, 0) is 47.4 Å². The number of benzene rings is 3. The van der Waals surface area contributed by atoms with E-state index in [9.17, 15) is 9.59 Å². The number of nitrogens with zero attached hydrogens (tertiary/aromatic N) is 2. The summed E-state index contributed by atoms with van der Waals surface area (Å²) in [4.78, 5) is 28.5. The lowest BCUT2D eigenvalue weighted by atomic mass is 10.1. The predicted octanol–water partition coefficient (Wildman–Crippen LogP) is 4.50. The first kappa shape index (κ1) is 24.5. The number of amides is 2. The number of hydrogen-bond donors (Lipinski definition) is 1. The summed E-state index contributed by atoms with van der Waals surface area (Å²) >= 11 is 0. The van der Waals surface area contributed by atoms with Crippen molar-refractivity contribution in [3.8, 4) is 5.75 Å². The van der Waals surface area contributed by atoms with Crippen molar-refractivity contribution in [1.82, 2.24) is 9.80 Å². The molecular weight excluding hydrogens is 438 g/mol. The first-order chi connectivity index (χ1) is 17.0. The molecule has 1 saturated heterocycles. The van der Waals surface area contributed by atoms with Gasteiger partial charge in [0.05, 0.1) is 6.42 Å². The third-order valence-corrected chi connectivity index (χ3v) is 6.15. The topological polar surface area (TPSA) is 61.9 Å². The summed E-state index contributed by atoms with van der Waals surface area (Å²) in [5.41, 5.74) is 4.14. The van der Waals surface area contributed by atoms with E-state index in [0.717, 1.165) is 61.7 Å². The Morgan fingerprint density at radius 1 is 0.800 bits per heavy atom. The molecule has 6 heteroatoms. The number of nitrogens with one attached hydrogen (secondary N) is 1. The molecule has 35 heavy (non-hydrogen) atoms. The first-order valence-electron chi connectivity index (χ1n) is 12.2. The van der Waals surface area contributed by atoms with Crippen LogP contribution in [0, 0.1) is 0 Å². The van der Waals surface area contributed by atoms with Crippen molar-refractivity contribution in [3.63, 3.8) is 0 Å². The molecule has 0 spiro atoms. The lowest BCUT2D eigenvalue weighted by Gasteiger charge is -2.22. The highest BCUT2D eigenvalue weighted by Crippen LogP contribution is 2.17. The van der Waals surface area contributed by atoms with Crippen LogP contribution >= 0.6 is 0 Å². The lowest BCUT2D eigenvalue weighted by Crippen LogP contribution is -2.36. The number of anilines is 1. The van der Waals surface area contributed by atoms with Crippen LogP contribution in [0.1, 0.15) is 30.0 Å². The van der Waals surface area contributed by atoms with Crippen LogP contribution in [0.5, 0.6) is 5.75 Å². The van der Waals surface area contributed by atoms with Gasteiger partial charge < -0.3 is 15.0 Å². The molecule has 182 valence electrons. The summed E-state index contributed by atoms with van der Waals surface area (Å²) in [6.07, 6.45) is 1.37. The number of rotatable bonds is 8. The molecule has 0 bridgehead atoms. The largest absolute Gasteiger partial charge is 0.489 e. The molecule has 0 aliphatic carbocycles. The average molecular weight is 472 g/mol. The normalized spacial score (nSPS) is 14.3. The molecule has 4 rings (SSSR count). The van der Waals surface area contributed by atoms with Crippen LogP contribution in [0.15, 0.2) is 78.9 Å². The van der Waals surface area contributed by atoms with E-state index in [1.54, 1.807) is 0 Å². The predicted molar refractivity (Wildman–Crippen MR) is 138 cm³/mol. The van der Waals surface area contributed by atoms with E-state index >= 15 is 0 Å². The molecule has 0 atom stereocenters. The highest BCUT2D eigenvalue weighted by molar-refractivity contribution is 5.88. The molecule has 1 aliphatic rings. The standard InChI is InChI=1S/C29H33N3O3/c1-23(33)30-27-12-8-25(9-13-27)21-31-16-5-17-32(19-18-31)29(34)20-24-10-14-28(15-11-24)35-22-26-6-3-2-4-7-26/h2-4,6-15H,5,16-22H2,1H3,(H,30,33). The minimum Gasteiger partial charge on any atom is -0.489 e. The second-order valence-electron chi connectivity index (χ2n) is 8.98. The number of hydrogen-bond acceptors (Lipinski definition) is 4. The van der Waals surface area contributed by atoms with Gasteiger partial charge in [-0.25, -0.2) is 0 Å². The van der Waals surface area contributed by atoms with Gasteiger partial charge in [-0.3, -0.25) is 14.5 Å². The minimum absolute atomic E-state index is 0.0673. The second kappa shape index (κ2) is 12.2. The average Bonchev–Trinajstić information content (AvgIpc) is 3.11. The van der Waals surface area contributed by atoms with Crippen LogP contribution in [-0.2, 0) is 29.2 Å². The van der Waals surface area contributed by atoms with E-state index in [0.29, 0.717) is 13.0 Å². The summed E-state index contributed by atoms with van der Waals surface area (Å²) < 4.78 is 5.85. The zero-order valence-electron chi connectivity index (χ0n) is 20.3. The maximum Gasteiger partial charge on any atom is 0.227 e. The summed E-state index contributed by atoms with van der Waals surface area (Å²) in [5.74, 6) is 0.910. The molecular formula is C29H33N3O3. The van der Waals surface area contributed by atoms with Gasteiger partial charge >= 0.3 is 0 Å². The van der Waals surface area contributed by atoms with Crippen LogP contribution in [-0.4, -0.2) is 47.8 Å². The molecule has 6 nitrogen and oxygen atoms in total. The third kappa shape index (κ3) is 7.69. The molecule has 1 N–H and O–H groups in total. The molecule has 3 aromatic rings. The second-order valence-corrected chi connectivity index (χ2v) is 8.98. The van der Waals surface area contributed by atoms with Gasteiger partial charge in [0.1, 0.15) is 12.4 Å². The first-order valence-corrected chi connectivity index (χ1v) is 12.2. The molecule has 2 amide bonds. The smallest absolute Gasteiger partial charge is 0.227 e. The monoisotopic (exact) mass is 471 g/mol. The van der Waals surface area contributed by atoms with E-state index in [-0.39, 0.29) is 11.8 Å².